The van der Waals surface area contributed by atoms with Crippen LogP contribution >= 0.6 is 11.6 Å². The van der Waals surface area contributed by atoms with Crippen LogP contribution in [0.25, 0.3) is 0 Å². The van der Waals surface area contributed by atoms with Crippen LogP contribution < -0.4 is 4.90 Å². The van der Waals surface area contributed by atoms with Crippen LogP contribution in [0.2, 0.25) is 5.02 Å². The lowest BCUT2D eigenvalue weighted by Crippen LogP contribution is -2.53. The predicted octanol–water partition coefficient (Wildman–Crippen LogP) is 3.13. The van der Waals surface area contributed by atoms with Crippen LogP contribution in [0.3, 0.4) is 0 Å². The zero-order valence-corrected chi connectivity index (χ0v) is 22.9. The molecule has 1 aromatic heterocycles. The molecule has 8 nitrogen and oxygen atoms in total. The van der Waals surface area contributed by atoms with Crippen LogP contribution in [-0.2, 0) is 4.79 Å². The van der Waals surface area contributed by atoms with Crippen molar-refractivity contribution in [2.45, 2.75) is 51.2 Å². The molecule has 3 heterocycles. The van der Waals surface area contributed by atoms with Crippen molar-refractivity contribution in [2.75, 3.05) is 63.8 Å². The molecule has 1 aliphatic carbocycles. The highest BCUT2D eigenvalue weighted by Crippen LogP contribution is 2.42. The first-order chi connectivity index (χ1) is 17.8. The number of carbonyl (C=O) groups is 1. The molecular weight excluding hydrogens is 488 g/mol. The van der Waals surface area contributed by atoms with E-state index < -0.39 is 6.10 Å². The molecule has 1 N–H and O–H groups in total. The quantitative estimate of drug-likeness (QED) is 0.619. The molecular formula is C28H39ClN6O2. The van der Waals surface area contributed by atoms with Crippen LogP contribution in [0.15, 0.2) is 30.6 Å². The van der Waals surface area contributed by atoms with Gasteiger partial charge in [0.2, 0.25) is 5.91 Å². The highest BCUT2D eigenvalue weighted by Gasteiger charge is 2.35. The molecule has 0 bridgehead atoms. The van der Waals surface area contributed by atoms with Gasteiger partial charge in [-0.15, -0.1) is 0 Å². The lowest BCUT2D eigenvalue weighted by atomic mass is 9.96. The number of fused-ring (bicyclic) bond motifs is 1. The molecule has 5 rings (SSSR count). The summed E-state index contributed by atoms with van der Waals surface area (Å²) in [5.74, 6) is 1.11. The fourth-order valence-electron chi connectivity index (χ4n) is 6.05. The second-order valence-corrected chi connectivity index (χ2v) is 11.4. The molecule has 2 fully saturated rings. The van der Waals surface area contributed by atoms with Gasteiger partial charge in [0, 0.05) is 75.5 Å². The monoisotopic (exact) mass is 526 g/mol. The van der Waals surface area contributed by atoms with Gasteiger partial charge in [0.15, 0.2) is 0 Å². The summed E-state index contributed by atoms with van der Waals surface area (Å²) in [4.78, 5) is 32.1. The van der Waals surface area contributed by atoms with Crippen molar-refractivity contribution in [3.05, 3.63) is 52.4 Å². The van der Waals surface area contributed by atoms with E-state index in [0.29, 0.717) is 30.6 Å². The first-order valence-electron chi connectivity index (χ1n) is 13.6. The standard InChI is InChI=1S/C28H39ClN6O2/c1-19(2)33-10-8-32(9-11-33)17-23(21-4-6-22(29)7-5-21)28(37)35-14-12-34(13-15-35)27-25-20(3)16-24(36)26(25)30-18-31-27/h4-7,18-20,23-24,36H,8-17H2,1-3H3/t20-,23?,24-/m1/s1. The molecule has 2 aliphatic heterocycles. The Morgan fingerprint density at radius 1 is 1.03 bits per heavy atom. The Morgan fingerprint density at radius 3 is 2.35 bits per heavy atom. The van der Waals surface area contributed by atoms with Crippen LogP contribution in [-0.4, -0.2) is 101 Å². The Bertz CT molecular complexity index is 1080. The second-order valence-electron chi connectivity index (χ2n) is 11.0. The fraction of sp³-hybridized carbons (Fsp3) is 0.607. The van der Waals surface area contributed by atoms with E-state index in [-0.39, 0.29) is 17.7 Å². The van der Waals surface area contributed by atoms with Gasteiger partial charge >= 0.3 is 0 Å². The Balaban J connectivity index is 1.28. The largest absolute Gasteiger partial charge is 0.387 e. The van der Waals surface area contributed by atoms with E-state index in [0.717, 1.165) is 68.5 Å². The van der Waals surface area contributed by atoms with E-state index in [1.165, 1.54) is 0 Å². The van der Waals surface area contributed by atoms with Crippen molar-refractivity contribution in [3.8, 4) is 0 Å². The summed E-state index contributed by atoms with van der Waals surface area (Å²) in [6.45, 7) is 14.1. The van der Waals surface area contributed by atoms with Crippen molar-refractivity contribution < 1.29 is 9.90 Å². The molecule has 2 saturated heterocycles. The van der Waals surface area contributed by atoms with E-state index >= 15 is 0 Å². The van der Waals surface area contributed by atoms with Gasteiger partial charge in [-0.3, -0.25) is 14.6 Å². The number of piperazine rings is 2. The van der Waals surface area contributed by atoms with Gasteiger partial charge in [-0.2, -0.15) is 0 Å². The average Bonchev–Trinajstić information content (AvgIpc) is 3.21. The summed E-state index contributed by atoms with van der Waals surface area (Å²) >= 11 is 6.17. The smallest absolute Gasteiger partial charge is 0.231 e. The topological polar surface area (TPSA) is 76.0 Å². The summed E-state index contributed by atoms with van der Waals surface area (Å²) in [5, 5.41) is 11.1. The zero-order chi connectivity index (χ0) is 26.1. The molecule has 0 saturated carbocycles. The van der Waals surface area contributed by atoms with Crippen molar-refractivity contribution >= 4 is 23.3 Å². The van der Waals surface area contributed by atoms with Gasteiger partial charge in [-0.1, -0.05) is 30.7 Å². The summed E-state index contributed by atoms with van der Waals surface area (Å²) in [7, 11) is 0. The number of nitrogens with zero attached hydrogens (tertiary/aromatic N) is 6. The molecule has 1 unspecified atom stereocenters. The normalized spacial score (nSPS) is 23.9. The average molecular weight is 527 g/mol. The molecule has 37 heavy (non-hydrogen) atoms. The van der Waals surface area contributed by atoms with Crippen LogP contribution in [0.1, 0.15) is 62.0 Å². The minimum absolute atomic E-state index is 0.185. The predicted molar refractivity (Wildman–Crippen MR) is 146 cm³/mol. The summed E-state index contributed by atoms with van der Waals surface area (Å²) in [6, 6.07) is 8.33. The Kier molecular flexibility index (Phi) is 8.00. The maximum Gasteiger partial charge on any atom is 0.231 e. The first kappa shape index (κ1) is 26.4. The lowest BCUT2D eigenvalue weighted by molar-refractivity contribution is -0.133. The molecule has 2 aromatic rings. The molecule has 200 valence electrons. The van der Waals surface area contributed by atoms with Gasteiger partial charge in [0.05, 0.1) is 17.7 Å². The molecule has 0 radical (unpaired) electrons. The Morgan fingerprint density at radius 2 is 1.70 bits per heavy atom. The maximum atomic E-state index is 13.9. The number of hydrogen-bond acceptors (Lipinski definition) is 7. The summed E-state index contributed by atoms with van der Waals surface area (Å²) in [5.41, 5.74) is 2.85. The Hall–Kier alpha value is -2.26. The number of aliphatic hydroxyl groups excluding tert-OH is 1. The van der Waals surface area contributed by atoms with E-state index in [2.05, 4.69) is 45.4 Å². The number of amides is 1. The first-order valence-corrected chi connectivity index (χ1v) is 14.0. The number of halogens is 1. The summed E-state index contributed by atoms with van der Waals surface area (Å²) < 4.78 is 0. The van der Waals surface area contributed by atoms with Gasteiger partial charge in [-0.05, 0) is 43.9 Å². The zero-order valence-electron chi connectivity index (χ0n) is 22.2. The van der Waals surface area contributed by atoms with Crippen LogP contribution in [0.5, 0.6) is 0 Å². The van der Waals surface area contributed by atoms with Crippen LogP contribution in [0.4, 0.5) is 5.82 Å². The third-order valence-electron chi connectivity index (χ3n) is 8.32. The molecule has 3 atom stereocenters. The van der Waals surface area contributed by atoms with Crippen LogP contribution in [0, 0.1) is 0 Å². The molecule has 9 heteroatoms. The minimum Gasteiger partial charge on any atom is -0.387 e. The van der Waals surface area contributed by atoms with Crippen molar-refractivity contribution in [1.82, 2.24) is 24.7 Å². The number of rotatable bonds is 6. The van der Waals surface area contributed by atoms with E-state index in [4.69, 9.17) is 11.6 Å². The van der Waals surface area contributed by atoms with Crippen molar-refractivity contribution in [2.24, 2.45) is 0 Å². The summed E-state index contributed by atoms with van der Waals surface area (Å²) in [6.07, 6.45) is 1.73. The van der Waals surface area contributed by atoms with Gasteiger partial charge < -0.3 is 14.9 Å². The molecule has 3 aliphatic rings. The van der Waals surface area contributed by atoms with Gasteiger partial charge in [-0.25, -0.2) is 9.97 Å². The Labute approximate surface area is 225 Å². The molecule has 1 amide bonds. The van der Waals surface area contributed by atoms with E-state index in [1.54, 1.807) is 6.33 Å². The second kappa shape index (κ2) is 11.2. The van der Waals surface area contributed by atoms with Crippen molar-refractivity contribution in [1.29, 1.82) is 0 Å². The van der Waals surface area contributed by atoms with E-state index in [1.807, 2.05) is 29.2 Å². The molecule has 1 aromatic carbocycles. The number of anilines is 1. The number of hydrogen-bond donors (Lipinski definition) is 1. The highest BCUT2D eigenvalue weighted by atomic mass is 35.5. The lowest BCUT2D eigenvalue weighted by Gasteiger charge is -2.40. The van der Waals surface area contributed by atoms with E-state index in [9.17, 15) is 9.90 Å². The number of carbonyl (C=O) groups excluding carboxylic acids is 1. The molecule has 0 spiro atoms. The third-order valence-corrected chi connectivity index (χ3v) is 8.57. The minimum atomic E-state index is -0.517. The fourth-order valence-corrected chi connectivity index (χ4v) is 6.18. The SMILES string of the molecule is CC(C)N1CCN(CC(C(=O)N2CCN(c3ncnc4c3[C@H](C)C[C@H]4O)CC2)c2ccc(Cl)cc2)CC1. The maximum absolute atomic E-state index is 13.9. The number of benzene rings is 1. The van der Waals surface area contributed by atoms with Crippen molar-refractivity contribution in [3.63, 3.8) is 0 Å². The number of aromatic nitrogens is 2. The highest BCUT2D eigenvalue weighted by molar-refractivity contribution is 6.30. The van der Waals surface area contributed by atoms with Gasteiger partial charge in [0.25, 0.3) is 0 Å². The van der Waals surface area contributed by atoms with Gasteiger partial charge in [0.1, 0.15) is 12.1 Å². The number of aliphatic hydroxyl groups is 1. The third kappa shape index (κ3) is 5.62.